The molecular weight excluding hydrogens is 412 g/mol. The number of ketones is 1. The third-order valence-corrected chi connectivity index (χ3v) is 5.91. The van der Waals surface area contributed by atoms with E-state index in [2.05, 4.69) is 4.98 Å². The zero-order valence-corrected chi connectivity index (χ0v) is 17.8. The molecule has 0 fully saturated rings. The Morgan fingerprint density at radius 1 is 1.19 bits per heavy atom. The van der Waals surface area contributed by atoms with Crippen molar-refractivity contribution in [1.82, 2.24) is 9.88 Å². The average Bonchev–Trinajstić information content (AvgIpc) is 3.42. The number of thiophene rings is 1. The standard InChI is InChI=1S/C24H22N2O4S/c1-2-12-30-18-9-7-17(8-10-18)21-20(22(27)19-6-4-13-31-19)23(28)24(29)26(21)15-16-5-3-11-25-14-16/h3-11,13-14,21,28H,2,12,15H2,1H3/t21-/m0/s1. The van der Waals surface area contributed by atoms with Gasteiger partial charge < -0.3 is 14.7 Å². The van der Waals surface area contributed by atoms with Gasteiger partial charge in [-0.3, -0.25) is 14.6 Å². The molecule has 1 atom stereocenters. The Morgan fingerprint density at radius 2 is 2.00 bits per heavy atom. The fourth-order valence-electron chi connectivity index (χ4n) is 3.59. The minimum Gasteiger partial charge on any atom is -0.503 e. The van der Waals surface area contributed by atoms with Gasteiger partial charge in [0.1, 0.15) is 5.75 Å². The number of benzene rings is 1. The van der Waals surface area contributed by atoms with Gasteiger partial charge in [0, 0.05) is 18.9 Å². The van der Waals surface area contributed by atoms with E-state index >= 15 is 0 Å². The van der Waals surface area contributed by atoms with Crippen molar-refractivity contribution in [1.29, 1.82) is 0 Å². The Labute approximate surface area is 184 Å². The number of carbonyl (C=O) groups is 2. The number of rotatable bonds is 8. The average molecular weight is 435 g/mol. The molecule has 31 heavy (non-hydrogen) atoms. The second-order valence-corrected chi connectivity index (χ2v) is 8.13. The lowest BCUT2D eigenvalue weighted by molar-refractivity contribution is -0.130. The zero-order chi connectivity index (χ0) is 21.8. The zero-order valence-electron chi connectivity index (χ0n) is 17.0. The minimum absolute atomic E-state index is 0.0959. The maximum Gasteiger partial charge on any atom is 0.290 e. The molecule has 0 saturated heterocycles. The molecular formula is C24H22N2O4S. The molecule has 1 aromatic carbocycles. The van der Waals surface area contributed by atoms with Gasteiger partial charge in [-0.2, -0.15) is 0 Å². The van der Waals surface area contributed by atoms with Crippen molar-refractivity contribution in [2.24, 2.45) is 0 Å². The van der Waals surface area contributed by atoms with Gasteiger partial charge >= 0.3 is 0 Å². The Kier molecular flexibility index (Phi) is 6.13. The molecule has 2 aromatic heterocycles. The largest absolute Gasteiger partial charge is 0.503 e. The van der Waals surface area contributed by atoms with Crippen LogP contribution in [0.3, 0.4) is 0 Å². The summed E-state index contributed by atoms with van der Waals surface area (Å²) in [6, 6.07) is 13.7. The lowest BCUT2D eigenvalue weighted by atomic mass is 9.95. The molecule has 1 aliphatic rings. The molecule has 158 valence electrons. The van der Waals surface area contributed by atoms with Gasteiger partial charge in [-0.1, -0.05) is 31.2 Å². The molecule has 4 rings (SSSR count). The number of hydrogen-bond donors (Lipinski definition) is 1. The summed E-state index contributed by atoms with van der Waals surface area (Å²) in [5, 5.41) is 12.5. The monoisotopic (exact) mass is 434 g/mol. The van der Waals surface area contributed by atoms with Crippen LogP contribution < -0.4 is 4.74 Å². The number of Topliss-reactive ketones (excluding diaryl/α,β-unsaturated/α-hetero) is 1. The lowest BCUT2D eigenvalue weighted by Gasteiger charge is -2.27. The number of carbonyl (C=O) groups excluding carboxylic acids is 2. The van der Waals surface area contributed by atoms with Crippen molar-refractivity contribution in [3.63, 3.8) is 0 Å². The number of aliphatic hydroxyl groups excluding tert-OH is 1. The number of aromatic nitrogens is 1. The minimum atomic E-state index is -0.706. The predicted octanol–water partition coefficient (Wildman–Crippen LogP) is 4.71. The van der Waals surface area contributed by atoms with Crippen molar-refractivity contribution in [2.45, 2.75) is 25.9 Å². The lowest BCUT2D eigenvalue weighted by Crippen LogP contribution is -2.30. The Bertz CT molecular complexity index is 1090. The summed E-state index contributed by atoms with van der Waals surface area (Å²) in [5.74, 6) is -0.697. The van der Waals surface area contributed by atoms with Crippen LogP contribution in [0.4, 0.5) is 0 Å². The molecule has 0 radical (unpaired) electrons. The highest BCUT2D eigenvalue weighted by atomic mass is 32.1. The Hall–Kier alpha value is -3.45. The van der Waals surface area contributed by atoms with Gasteiger partial charge in [0.15, 0.2) is 5.76 Å². The number of nitrogens with zero attached hydrogens (tertiary/aromatic N) is 2. The first-order chi connectivity index (χ1) is 15.1. The summed E-state index contributed by atoms with van der Waals surface area (Å²) in [6.07, 6.45) is 4.22. The van der Waals surface area contributed by atoms with Crippen LogP contribution in [0.2, 0.25) is 0 Å². The number of amides is 1. The topological polar surface area (TPSA) is 79.7 Å². The molecule has 0 unspecified atom stereocenters. The van der Waals surface area contributed by atoms with Crippen molar-refractivity contribution in [2.75, 3.05) is 6.61 Å². The van der Waals surface area contributed by atoms with Gasteiger partial charge in [-0.05, 0) is 47.2 Å². The maximum absolute atomic E-state index is 13.2. The third-order valence-electron chi connectivity index (χ3n) is 5.04. The Balaban J connectivity index is 1.73. The first-order valence-electron chi connectivity index (χ1n) is 10.0. The van der Waals surface area contributed by atoms with Gasteiger partial charge in [0.2, 0.25) is 5.78 Å². The van der Waals surface area contributed by atoms with Crippen LogP contribution >= 0.6 is 11.3 Å². The second-order valence-electron chi connectivity index (χ2n) is 7.18. The van der Waals surface area contributed by atoms with E-state index in [9.17, 15) is 14.7 Å². The van der Waals surface area contributed by atoms with Crippen molar-refractivity contribution < 1.29 is 19.4 Å². The van der Waals surface area contributed by atoms with Gasteiger partial charge in [-0.15, -0.1) is 11.3 Å². The van der Waals surface area contributed by atoms with Crippen molar-refractivity contribution in [3.05, 3.63) is 93.6 Å². The smallest absolute Gasteiger partial charge is 0.290 e. The van der Waals surface area contributed by atoms with Crippen LogP contribution in [0, 0.1) is 0 Å². The molecule has 6 nitrogen and oxygen atoms in total. The van der Waals surface area contributed by atoms with Crippen LogP contribution in [0.1, 0.15) is 40.2 Å². The highest BCUT2D eigenvalue weighted by Crippen LogP contribution is 2.40. The summed E-state index contributed by atoms with van der Waals surface area (Å²) in [6.45, 7) is 2.86. The molecule has 0 saturated carbocycles. The van der Waals surface area contributed by atoms with E-state index < -0.39 is 17.7 Å². The van der Waals surface area contributed by atoms with Crippen molar-refractivity contribution >= 4 is 23.0 Å². The fraction of sp³-hybridized carbons (Fsp3) is 0.208. The summed E-state index contributed by atoms with van der Waals surface area (Å²) in [5.41, 5.74) is 1.63. The van der Waals surface area contributed by atoms with Gasteiger partial charge in [0.25, 0.3) is 5.91 Å². The van der Waals surface area contributed by atoms with Gasteiger partial charge in [0.05, 0.1) is 23.1 Å². The van der Waals surface area contributed by atoms with Crippen molar-refractivity contribution in [3.8, 4) is 5.75 Å². The molecule has 1 amide bonds. The summed E-state index contributed by atoms with van der Waals surface area (Å²) < 4.78 is 5.66. The quantitative estimate of drug-likeness (QED) is 0.520. The van der Waals surface area contributed by atoms with E-state index in [1.165, 1.54) is 16.2 Å². The second kappa shape index (κ2) is 9.14. The van der Waals surface area contributed by atoms with Crippen LogP contribution in [0.15, 0.2) is 77.6 Å². The van der Waals surface area contributed by atoms with E-state index in [1.54, 1.807) is 36.0 Å². The van der Waals surface area contributed by atoms with E-state index in [0.717, 1.165) is 17.5 Å². The van der Waals surface area contributed by atoms with Crippen LogP contribution in [-0.4, -0.2) is 33.3 Å². The molecule has 0 spiro atoms. The summed E-state index contributed by atoms with van der Waals surface area (Å²) in [4.78, 5) is 32.3. The highest BCUT2D eigenvalue weighted by Gasteiger charge is 2.44. The molecule has 7 heteroatoms. The highest BCUT2D eigenvalue weighted by molar-refractivity contribution is 7.12. The SMILES string of the molecule is CCCOc1ccc([C@H]2C(C(=O)c3cccs3)=C(O)C(=O)N2Cc2cccnc2)cc1. The number of ether oxygens (including phenoxy) is 1. The molecule has 3 aromatic rings. The molecule has 1 aliphatic heterocycles. The summed E-state index contributed by atoms with van der Waals surface area (Å²) >= 11 is 1.28. The van der Waals surface area contributed by atoms with Crippen LogP contribution in [-0.2, 0) is 11.3 Å². The number of pyridine rings is 1. The first kappa shape index (κ1) is 20.8. The molecule has 1 N–H and O–H groups in total. The number of hydrogen-bond acceptors (Lipinski definition) is 6. The van der Waals surface area contributed by atoms with E-state index in [1.807, 2.05) is 37.3 Å². The molecule has 0 bridgehead atoms. The molecule has 3 heterocycles. The maximum atomic E-state index is 13.2. The third kappa shape index (κ3) is 4.22. The van der Waals surface area contributed by atoms with Crippen LogP contribution in [0.5, 0.6) is 5.75 Å². The van der Waals surface area contributed by atoms with Crippen LogP contribution in [0.25, 0.3) is 0 Å². The normalized spacial score (nSPS) is 16.1. The molecule has 0 aliphatic carbocycles. The van der Waals surface area contributed by atoms with Gasteiger partial charge in [-0.25, -0.2) is 0 Å². The summed E-state index contributed by atoms with van der Waals surface area (Å²) in [7, 11) is 0. The number of aliphatic hydroxyl groups is 1. The van der Waals surface area contributed by atoms with E-state index in [-0.39, 0.29) is 17.9 Å². The Morgan fingerprint density at radius 3 is 2.65 bits per heavy atom. The fourth-order valence-corrected chi connectivity index (χ4v) is 4.27. The predicted molar refractivity (Wildman–Crippen MR) is 118 cm³/mol. The van der Waals surface area contributed by atoms with E-state index in [0.29, 0.717) is 17.2 Å². The first-order valence-corrected chi connectivity index (χ1v) is 10.9. The van der Waals surface area contributed by atoms with E-state index in [4.69, 9.17) is 4.74 Å².